The number of aromatic nitrogens is 1. The molecule has 6 nitrogen and oxygen atoms in total. The molecule has 1 aliphatic rings. The summed E-state index contributed by atoms with van der Waals surface area (Å²) < 4.78 is 5.16. The Hall–Kier alpha value is -1.34. The van der Waals surface area contributed by atoms with E-state index in [2.05, 4.69) is 10.3 Å². The lowest BCUT2D eigenvalue weighted by molar-refractivity contribution is 0.0618. The van der Waals surface area contributed by atoms with Crippen molar-refractivity contribution in [3.8, 4) is 0 Å². The molecule has 0 aliphatic carbocycles. The van der Waals surface area contributed by atoms with Gasteiger partial charge in [-0.05, 0) is 18.8 Å². The molecule has 106 valence electrons. The van der Waals surface area contributed by atoms with Gasteiger partial charge in [-0.3, -0.25) is 4.79 Å². The molecule has 3 N–H and O–H groups in total. The lowest BCUT2D eigenvalue weighted by Crippen LogP contribution is -2.39. The Labute approximate surface area is 116 Å². The molecule has 0 saturated carbocycles. The highest BCUT2D eigenvalue weighted by Gasteiger charge is 2.26. The number of rotatable bonds is 4. The predicted molar refractivity (Wildman–Crippen MR) is 76.6 cm³/mol. The largest absolute Gasteiger partial charge is 0.384 e. The fourth-order valence-corrected chi connectivity index (χ4v) is 3.08. The molecule has 2 rings (SSSR count). The van der Waals surface area contributed by atoms with E-state index in [4.69, 9.17) is 10.5 Å². The summed E-state index contributed by atoms with van der Waals surface area (Å²) in [5.74, 6) is 0.867. The molecule has 1 aromatic rings. The average Bonchev–Trinajstić information content (AvgIpc) is 2.80. The van der Waals surface area contributed by atoms with Gasteiger partial charge in [0.1, 0.15) is 10.7 Å². The molecule has 1 amide bonds. The highest BCUT2D eigenvalue weighted by Crippen LogP contribution is 2.27. The van der Waals surface area contributed by atoms with Crippen LogP contribution >= 0.6 is 11.3 Å². The summed E-state index contributed by atoms with van der Waals surface area (Å²) in [6.45, 7) is 2.30. The van der Waals surface area contributed by atoms with E-state index in [1.54, 1.807) is 14.2 Å². The molecular weight excluding hydrogens is 264 g/mol. The van der Waals surface area contributed by atoms with Gasteiger partial charge in [0.15, 0.2) is 5.13 Å². The Bertz CT molecular complexity index is 441. The summed E-state index contributed by atoms with van der Waals surface area (Å²) in [5, 5.41) is 3.59. The molecule has 1 aromatic heterocycles. The van der Waals surface area contributed by atoms with E-state index in [-0.39, 0.29) is 5.91 Å². The Kier molecular flexibility index (Phi) is 4.60. The summed E-state index contributed by atoms with van der Waals surface area (Å²) in [4.78, 5) is 18.9. The van der Waals surface area contributed by atoms with Gasteiger partial charge >= 0.3 is 0 Å². The van der Waals surface area contributed by atoms with Crippen LogP contribution in [0, 0.1) is 5.92 Å². The Morgan fingerprint density at radius 3 is 2.79 bits per heavy atom. The maximum Gasteiger partial charge on any atom is 0.267 e. The van der Waals surface area contributed by atoms with Crippen LogP contribution in [0.2, 0.25) is 0 Å². The van der Waals surface area contributed by atoms with Crippen LogP contribution < -0.4 is 11.1 Å². The molecule has 0 radical (unpaired) electrons. The normalized spacial score (nSPS) is 16.6. The number of amides is 1. The van der Waals surface area contributed by atoms with Crippen LogP contribution in [0.1, 0.15) is 22.5 Å². The number of carbonyl (C=O) groups excluding carboxylic acids is 1. The number of anilines is 2. The van der Waals surface area contributed by atoms with E-state index in [0.29, 0.717) is 21.7 Å². The smallest absolute Gasteiger partial charge is 0.267 e. The number of piperidine rings is 1. The van der Waals surface area contributed by atoms with Gasteiger partial charge in [-0.1, -0.05) is 11.3 Å². The summed E-state index contributed by atoms with van der Waals surface area (Å²) in [6.07, 6.45) is 1.97. The molecule has 0 unspecified atom stereocenters. The van der Waals surface area contributed by atoms with Crippen LogP contribution in [0.5, 0.6) is 0 Å². The van der Waals surface area contributed by atoms with Crippen molar-refractivity contribution in [1.29, 1.82) is 0 Å². The molecular formula is C12H20N4O2S. The maximum atomic E-state index is 12.4. The predicted octanol–water partition coefficient (Wildman–Crippen LogP) is 1.27. The minimum atomic E-state index is -0.00707. The number of nitrogens with zero attached hydrogens (tertiary/aromatic N) is 2. The monoisotopic (exact) mass is 284 g/mol. The van der Waals surface area contributed by atoms with Crippen LogP contribution in [0.4, 0.5) is 10.9 Å². The van der Waals surface area contributed by atoms with Crippen LogP contribution in [-0.4, -0.2) is 49.6 Å². The zero-order valence-electron chi connectivity index (χ0n) is 11.3. The fourth-order valence-electron chi connectivity index (χ4n) is 2.27. The van der Waals surface area contributed by atoms with E-state index in [1.165, 1.54) is 11.3 Å². The molecule has 0 bridgehead atoms. The summed E-state index contributed by atoms with van der Waals surface area (Å²) in [5.41, 5.74) is 5.79. The van der Waals surface area contributed by atoms with Gasteiger partial charge in [-0.15, -0.1) is 0 Å². The van der Waals surface area contributed by atoms with Crippen molar-refractivity contribution in [2.45, 2.75) is 12.8 Å². The van der Waals surface area contributed by atoms with E-state index in [0.717, 1.165) is 32.5 Å². The van der Waals surface area contributed by atoms with Gasteiger partial charge in [0, 0.05) is 33.9 Å². The Morgan fingerprint density at radius 1 is 1.58 bits per heavy atom. The van der Waals surface area contributed by atoms with Gasteiger partial charge < -0.3 is 20.7 Å². The van der Waals surface area contributed by atoms with E-state index < -0.39 is 0 Å². The first kappa shape index (κ1) is 14.1. The second kappa shape index (κ2) is 6.21. The van der Waals surface area contributed by atoms with Crippen molar-refractivity contribution in [1.82, 2.24) is 9.88 Å². The number of likely N-dealkylation sites (tertiary alicyclic amines) is 1. The van der Waals surface area contributed by atoms with Gasteiger partial charge in [-0.25, -0.2) is 4.98 Å². The van der Waals surface area contributed by atoms with E-state index in [9.17, 15) is 4.79 Å². The second-order valence-electron chi connectivity index (χ2n) is 4.67. The van der Waals surface area contributed by atoms with Crippen molar-refractivity contribution < 1.29 is 9.53 Å². The first-order valence-electron chi connectivity index (χ1n) is 6.38. The molecule has 0 atom stereocenters. The van der Waals surface area contributed by atoms with Crippen LogP contribution in [0.3, 0.4) is 0 Å². The molecule has 1 fully saturated rings. The van der Waals surface area contributed by atoms with E-state index in [1.807, 2.05) is 4.90 Å². The van der Waals surface area contributed by atoms with Gasteiger partial charge in [0.2, 0.25) is 0 Å². The molecule has 0 aromatic carbocycles. The summed E-state index contributed by atoms with van der Waals surface area (Å²) >= 11 is 1.31. The number of hydrogen-bond donors (Lipinski definition) is 2. The highest BCUT2D eigenvalue weighted by atomic mass is 32.1. The average molecular weight is 284 g/mol. The standard InChI is InChI=1S/C12H20N4O2S/c1-14-12-15-10(13)9(19-12)11(17)16-5-3-8(4-6-16)7-18-2/h8H,3-7,13H2,1-2H3,(H,14,15). The number of carbonyl (C=O) groups is 1. The minimum Gasteiger partial charge on any atom is -0.384 e. The minimum absolute atomic E-state index is 0.00707. The molecule has 7 heteroatoms. The third-order valence-corrected chi connectivity index (χ3v) is 4.44. The number of hydrogen-bond acceptors (Lipinski definition) is 6. The van der Waals surface area contributed by atoms with Gasteiger partial charge in [0.05, 0.1) is 0 Å². The van der Waals surface area contributed by atoms with E-state index >= 15 is 0 Å². The number of nitrogens with one attached hydrogen (secondary N) is 1. The maximum absolute atomic E-state index is 12.4. The van der Waals surface area contributed by atoms with Crippen LogP contribution in [0.15, 0.2) is 0 Å². The number of nitrogen functional groups attached to an aromatic ring is 1. The molecule has 19 heavy (non-hydrogen) atoms. The first-order valence-corrected chi connectivity index (χ1v) is 7.19. The zero-order valence-corrected chi connectivity index (χ0v) is 12.1. The van der Waals surface area contributed by atoms with Crippen molar-refractivity contribution in [2.75, 3.05) is 44.9 Å². The second-order valence-corrected chi connectivity index (χ2v) is 5.67. The summed E-state index contributed by atoms with van der Waals surface area (Å²) in [7, 11) is 3.48. The van der Waals surface area contributed by atoms with Crippen LogP contribution in [-0.2, 0) is 4.74 Å². The molecule has 1 saturated heterocycles. The first-order chi connectivity index (χ1) is 9.15. The Balaban J connectivity index is 1.99. The number of thiazole rings is 1. The fraction of sp³-hybridized carbons (Fsp3) is 0.667. The van der Waals surface area contributed by atoms with Gasteiger partial charge in [0.25, 0.3) is 5.91 Å². The number of methoxy groups -OCH3 is 1. The van der Waals surface area contributed by atoms with Crippen molar-refractivity contribution in [3.63, 3.8) is 0 Å². The third-order valence-electron chi connectivity index (χ3n) is 3.37. The quantitative estimate of drug-likeness (QED) is 0.870. The zero-order chi connectivity index (χ0) is 13.8. The molecule has 1 aliphatic heterocycles. The lowest BCUT2D eigenvalue weighted by Gasteiger charge is -2.31. The van der Waals surface area contributed by atoms with Crippen molar-refractivity contribution in [2.24, 2.45) is 5.92 Å². The van der Waals surface area contributed by atoms with Crippen molar-refractivity contribution >= 4 is 28.2 Å². The summed E-state index contributed by atoms with van der Waals surface area (Å²) in [6, 6.07) is 0. The van der Waals surface area contributed by atoms with Crippen molar-refractivity contribution in [3.05, 3.63) is 4.88 Å². The molecule has 2 heterocycles. The van der Waals surface area contributed by atoms with Gasteiger partial charge in [-0.2, -0.15) is 0 Å². The number of ether oxygens (including phenoxy) is 1. The molecule has 0 spiro atoms. The lowest BCUT2D eigenvalue weighted by atomic mass is 9.98. The highest BCUT2D eigenvalue weighted by molar-refractivity contribution is 7.18. The Morgan fingerprint density at radius 2 is 2.26 bits per heavy atom. The topological polar surface area (TPSA) is 80.5 Å². The third kappa shape index (κ3) is 3.16. The SMILES string of the molecule is CNc1nc(N)c(C(=O)N2CCC(COC)CC2)s1. The number of nitrogens with two attached hydrogens (primary N) is 1. The van der Waals surface area contributed by atoms with Crippen LogP contribution in [0.25, 0.3) is 0 Å².